The molecule has 2 aliphatic carbocycles. The van der Waals surface area contributed by atoms with E-state index in [1.807, 2.05) is 0 Å². The largest absolute Gasteiger partial charge is 0.0726 e. The van der Waals surface area contributed by atoms with Gasteiger partial charge in [-0.25, -0.2) is 0 Å². The number of aryl methyl sites for hydroxylation is 2. The smallest absolute Gasteiger partial charge is 0.0249 e. The Kier molecular flexibility index (Phi) is 17.7. The minimum Gasteiger partial charge on any atom is -0.0726 e. The van der Waals surface area contributed by atoms with Crippen molar-refractivity contribution >= 4 is 0 Å². The molecule has 4 aromatic rings. The van der Waals surface area contributed by atoms with Crippen LogP contribution in [0.2, 0.25) is 0 Å². The number of hydrogen-bond donors (Lipinski definition) is 0. The van der Waals surface area contributed by atoms with E-state index in [-0.39, 0.29) is 0 Å². The van der Waals surface area contributed by atoms with Crippen molar-refractivity contribution in [1.82, 2.24) is 0 Å². The average Bonchev–Trinajstić information content (AvgIpc) is 3.25. The first kappa shape index (κ1) is 41.6. The van der Waals surface area contributed by atoms with Gasteiger partial charge in [-0.15, -0.1) is 0 Å². The Morgan fingerprint density at radius 3 is 1.15 bits per heavy atom. The molecule has 0 saturated carbocycles. The zero-order valence-electron chi connectivity index (χ0n) is 34.6. The van der Waals surface area contributed by atoms with E-state index < -0.39 is 0 Å². The topological polar surface area (TPSA) is 0 Å². The Labute approximate surface area is 336 Å². The van der Waals surface area contributed by atoms with Gasteiger partial charge in [0.2, 0.25) is 0 Å². The lowest BCUT2D eigenvalue weighted by Gasteiger charge is -2.19. The molecule has 0 heteroatoms. The van der Waals surface area contributed by atoms with Crippen LogP contribution in [0.4, 0.5) is 0 Å². The van der Waals surface area contributed by atoms with E-state index in [1.54, 1.807) is 0 Å². The summed E-state index contributed by atoms with van der Waals surface area (Å²) in [7, 11) is 0. The molecule has 0 N–H and O–H groups in total. The van der Waals surface area contributed by atoms with E-state index in [2.05, 4.69) is 161 Å². The van der Waals surface area contributed by atoms with E-state index in [0.29, 0.717) is 0 Å². The summed E-state index contributed by atoms with van der Waals surface area (Å²) in [6.45, 7) is 9.05. The molecule has 0 bridgehead atoms. The number of benzene rings is 4. The molecule has 4 aromatic carbocycles. The number of hydrogen-bond acceptors (Lipinski definition) is 0. The lowest BCUT2D eigenvalue weighted by molar-refractivity contribution is 0.425. The summed E-state index contributed by atoms with van der Waals surface area (Å²) in [5.74, 6) is 15.3. The van der Waals surface area contributed by atoms with Crippen molar-refractivity contribution in [2.45, 2.75) is 137 Å². The lowest BCUT2D eigenvalue weighted by Crippen LogP contribution is -2.05. The number of rotatable bonds is 13. The Morgan fingerprint density at radius 2 is 0.800 bits per heavy atom. The second kappa shape index (κ2) is 23.4. The molecule has 2 atom stereocenters. The van der Waals surface area contributed by atoms with Crippen LogP contribution in [0.5, 0.6) is 0 Å². The van der Waals surface area contributed by atoms with Crippen molar-refractivity contribution in [3.63, 3.8) is 0 Å². The SMILES string of the molecule is CCCCc1ccc(-c2ccc(C#CC3=CCC(CCC)CC3)cc2)cc1.CCCCc1ccc(-c2ccc(C#CC3=CCC(CCCC)CC3)cc2)cc1. The van der Waals surface area contributed by atoms with Gasteiger partial charge in [-0.2, -0.15) is 0 Å². The minimum absolute atomic E-state index is 0.883. The molecule has 0 spiro atoms. The van der Waals surface area contributed by atoms with Crippen molar-refractivity contribution in [3.05, 3.63) is 143 Å². The van der Waals surface area contributed by atoms with E-state index in [0.717, 1.165) is 35.8 Å². The van der Waals surface area contributed by atoms with Gasteiger partial charge in [-0.3, -0.25) is 0 Å². The maximum absolute atomic E-state index is 3.41. The van der Waals surface area contributed by atoms with Crippen LogP contribution >= 0.6 is 0 Å². The molecule has 0 nitrogen and oxygen atoms in total. The highest BCUT2D eigenvalue weighted by atomic mass is 14.2. The summed E-state index contributed by atoms with van der Waals surface area (Å²) in [4.78, 5) is 0. The van der Waals surface area contributed by atoms with E-state index in [4.69, 9.17) is 0 Å². The predicted molar refractivity (Wildman–Crippen MR) is 240 cm³/mol. The van der Waals surface area contributed by atoms with Crippen molar-refractivity contribution in [2.24, 2.45) is 11.8 Å². The predicted octanol–water partition coefficient (Wildman–Crippen LogP) is 15.5. The number of allylic oxidation sites excluding steroid dienone is 4. The highest BCUT2D eigenvalue weighted by Gasteiger charge is 2.13. The maximum Gasteiger partial charge on any atom is 0.0249 e. The van der Waals surface area contributed by atoms with E-state index >= 15 is 0 Å². The molecule has 2 aliphatic rings. The Balaban J connectivity index is 0.000000211. The first-order chi connectivity index (χ1) is 27.1. The standard InChI is InChI=1S/C28H34.C27H32/c1-3-5-7-23-9-11-25(12-10-23)13-14-26-17-21-28(22-18-26)27-19-15-24(16-20-27)8-6-4-2;1-3-5-7-23-14-18-26(19-15-23)27-20-16-25(17-21-27)13-12-24-10-8-22(6-4-2)9-11-24/h11,15-23H,3-10,12H2,1-2H3;10,14-22H,3-9,11H2,1-2H3. The Morgan fingerprint density at radius 1 is 0.418 bits per heavy atom. The normalized spacial score (nSPS) is 16.3. The first-order valence-electron chi connectivity index (χ1n) is 21.9. The third-order valence-corrected chi connectivity index (χ3v) is 11.4. The molecule has 0 aromatic heterocycles. The van der Waals surface area contributed by atoms with Crippen LogP contribution in [-0.4, -0.2) is 0 Å². The summed E-state index contributed by atoms with van der Waals surface area (Å²) in [5, 5.41) is 0. The van der Waals surface area contributed by atoms with Gasteiger partial charge < -0.3 is 0 Å². The summed E-state index contributed by atoms with van der Waals surface area (Å²) in [6, 6.07) is 35.4. The van der Waals surface area contributed by atoms with Crippen molar-refractivity contribution in [1.29, 1.82) is 0 Å². The van der Waals surface area contributed by atoms with Crippen LogP contribution in [-0.2, 0) is 12.8 Å². The highest BCUT2D eigenvalue weighted by Crippen LogP contribution is 2.29. The van der Waals surface area contributed by atoms with Gasteiger partial charge in [-0.05, 0) is 145 Å². The molecular formula is C55H66. The lowest BCUT2D eigenvalue weighted by atomic mass is 9.86. The van der Waals surface area contributed by atoms with Gasteiger partial charge >= 0.3 is 0 Å². The summed E-state index contributed by atoms with van der Waals surface area (Å²) >= 11 is 0. The molecule has 286 valence electrons. The van der Waals surface area contributed by atoms with Crippen LogP contribution in [0, 0.1) is 35.5 Å². The molecule has 6 rings (SSSR count). The second-order valence-electron chi connectivity index (χ2n) is 15.9. The molecule has 0 amide bonds. The molecule has 0 radical (unpaired) electrons. The average molecular weight is 727 g/mol. The van der Waals surface area contributed by atoms with E-state index in [1.165, 1.54) is 141 Å². The van der Waals surface area contributed by atoms with E-state index in [9.17, 15) is 0 Å². The van der Waals surface area contributed by atoms with Crippen LogP contribution in [0.3, 0.4) is 0 Å². The summed E-state index contributed by atoms with van der Waals surface area (Å²) in [6.07, 6.45) is 26.2. The van der Waals surface area contributed by atoms with Crippen LogP contribution < -0.4 is 0 Å². The third-order valence-electron chi connectivity index (χ3n) is 11.4. The summed E-state index contributed by atoms with van der Waals surface area (Å²) in [5.41, 5.74) is 12.8. The Bertz CT molecular complexity index is 1890. The zero-order valence-corrected chi connectivity index (χ0v) is 34.6. The fourth-order valence-electron chi connectivity index (χ4n) is 7.72. The minimum atomic E-state index is 0.883. The van der Waals surface area contributed by atoms with Crippen LogP contribution in [0.25, 0.3) is 22.3 Å². The highest BCUT2D eigenvalue weighted by molar-refractivity contribution is 5.66. The van der Waals surface area contributed by atoms with Gasteiger partial charge in [0.25, 0.3) is 0 Å². The quantitative estimate of drug-likeness (QED) is 0.120. The molecule has 55 heavy (non-hydrogen) atoms. The van der Waals surface area contributed by atoms with Gasteiger partial charge in [0, 0.05) is 11.1 Å². The van der Waals surface area contributed by atoms with Crippen molar-refractivity contribution < 1.29 is 0 Å². The fraction of sp³-hybridized carbons (Fsp3) is 0.418. The first-order valence-corrected chi connectivity index (χ1v) is 21.9. The molecule has 0 saturated heterocycles. The molecular weight excluding hydrogens is 661 g/mol. The number of unbranched alkanes of at least 4 members (excludes halogenated alkanes) is 3. The Hall–Kier alpha value is -4.52. The molecule has 2 unspecified atom stereocenters. The second-order valence-corrected chi connectivity index (χ2v) is 15.9. The van der Waals surface area contributed by atoms with Gasteiger partial charge in [0.15, 0.2) is 0 Å². The fourth-order valence-corrected chi connectivity index (χ4v) is 7.72. The van der Waals surface area contributed by atoms with Gasteiger partial charge in [0.05, 0.1) is 0 Å². The molecule has 0 aliphatic heterocycles. The summed E-state index contributed by atoms with van der Waals surface area (Å²) < 4.78 is 0. The van der Waals surface area contributed by atoms with Crippen LogP contribution in [0.15, 0.2) is 120 Å². The zero-order chi connectivity index (χ0) is 38.5. The van der Waals surface area contributed by atoms with Crippen LogP contribution in [0.1, 0.15) is 146 Å². The molecule has 0 fully saturated rings. The van der Waals surface area contributed by atoms with Crippen molar-refractivity contribution in [2.75, 3.05) is 0 Å². The maximum atomic E-state index is 3.41. The van der Waals surface area contributed by atoms with Gasteiger partial charge in [0.1, 0.15) is 0 Å². The van der Waals surface area contributed by atoms with Gasteiger partial charge in [-0.1, -0.05) is 181 Å². The van der Waals surface area contributed by atoms with Crippen molar-refractivity contribution in [3.8, 4) is 45.9 Å². The monoisotopic (exact) mass is 727 g/mol. The third kappa shape index (κ3) is 14.2. The molecule has 0 heterocycles.